The maximum absolute atomic E-state index is 13.0. The minimum Gasteiger partial charge on any atom is -0.497 e. The number of hydrogen-bond acceptors (Lipinski definition) is 8. The summed E-state index contributed by atoms with van der Waals surface area (Å²) in [5.41, 5.74) is 2.61. The smallest absolute Gasteiger partial charge is 0.345 e. The number of methoxy groups -OCH3 is 2. The van der Waals surface area contributed by atoms with Gasteiger partial charge in [-0.25, -0.2) is 4.79 Å². The predicted molar refractivity (Wildman–Crippen MR) is 133 cm³/mol. The van der Waals surface area contributed by atoms with Gasteiger partial charge in [-0.05, 0) is 47.5 Å². The predicted octanol–water partition coefficient (Wildman–Crippen LogP) is 4.37. The van der Waals surface area contributed by atoms with Gasteiger partial charge < -0.3 is 33.5 Å². The first-order chi connectivity index (χ1) is 18.0. The van der Waals surface area contributed by atoms with Gasteiger partial charge in [0, 0.05) is 17.6 Å². The molecule has 5 rings (SSSR count). The van der Waals surface area contributed by atoms with Gasteiger partial charge in [-0.1, -0.05) is 36.4 Å². The highest BCUT2D eigenvalue weighted by atomic mass is 16.7. The van der Waals surface area contributed by atoms with Crippen molar-refractivity contribution in [2.24, 2.45) is 0 Å². The van der Waals surface area contributed by atoms with Gasteiger partial charge in [0.2, 0.25) is 6.79 Å². The van der Waals surface area contributed by atoms with E-state index in [0.29, 0.717) is 35.0 Å². The van der Waals surface area contributed by atoms with E-state index in [4.69, 9.17) is 28.4 Å². The van der Waals surface area contributed by atoms with Crippen LogP contribution in [0.1, 0.15) is 16.7 Å². The fourth-order valence-corrected chi connectivity index (χ4v) is 4.30. The van der Waals surface area contributed by atoms with Crippen molar-refractivity contribution in [3.63, 3.8) is 0 Å². The molecule has 1 atom stereocenters. The van der Waals surface area contributed by atoms with E-state index in [9.17, 15) is 9.90 Å². The molecule has 1 unspecified atom stereocenters. The first kappa shape index (κ1) is 24.3. The summed E-state index contributed by atoms with van der Waals surface area (Å²) in [6, 6.07) is 22.0. The van der Waals surface area contributed by atoms with Crippen molar-refractivity contribution in [2.45, 2.75) is 18.8 Å². The Morgan fingerprint density at radius 2 is 1.70 bits per heavy atom. The third kappa shape index (κ3) is 4.83. The number of cyclic esters (lactones) is 1. The molecule has 2 heterocycles. The van der Waals surface area contributed by atoms with Gasteiger partial charge in [0.1, 0.15) is 24.2 Å². The standard InChI is InChI=1S/C29H26O8/c1-32-22-11-9-21(10-12-22)29(31)23(27(28(30)37-29)26-17-34-18-36-26)14-20-8-13-24(25(15-20)33-2)35-16-19-6-4-3-5-7-19/h3-13,15,17,31H,14,16,18H2,1-2H3. The molecule has 2 aliphatic heterocycles. The quantitative estimate of drug-likeness (QED) is 0.432. The summed E-state index contributed by atoms with van der Waals surface area (Å²) in [5.74, 6) is -0.814. The van der Waals surface area contributed by atoms with E-state index in [1.165, 1.54) is 6.26 Å². The van der Waals surface area contributed by atoms with Gasteiger partial charge in [-0.3, -0.25) is 0 Å². The maximum atomic E-state index is 13.0. The highest BCUT2D eigenvalue weighted by molar-refractivity contribution is 5.97. The monoisotopic (exact) mass is 502 g/mol. The molecule has 190 valence electrons. The second-order valence-electron chi connectivity index (χ2n) is 8.46. The second kappa shape index (κ2) is 10.3. The van der Waals surface area contributed by atoms with Crippen LogP contribution < -0.4 is 14.2 Å². The lowest BCUT2D eigenvalue weighted by molar-refractivity contribution is -0.186. The lowest BCUT2D eigenvalue weighted by Crippen LogP contribution is -2.29. The lowest BCUT2D eigenvalue weighted by Gasteiger charge is -2.26. The summed E-state index contributed by atoms with van der Waals surface area (Å²) in [4.78, 5) is 13.0. The topological polar surface area (TPSA) is 92.7 Å². The second-order valence-corrected chi connectivity index (χ2v) is 8.46. The zero-order chi connectivity index (χ0) is 25.8. The Bertz CT molecular complexity index is 1340. The number of hydrogen-bond donors (Lipinski definition) is 1. The summed E-state index contributed by atoms with van der Waals surface area (Å²) in [5, 5.41) is 11.7. The number of benzene rings is 3. The molecule has 0 aromatic heterocycles. The minimum absolute atomic E-state index is 0.0262. The van der Waals surface area contributed by atoms with Gasteiger partial charge in [0.05, 0.1) is 14.2 Å². The first-order valence-corrected chi connectivity index (χ1v) is 11.6. The molecule has 8 nitrogen and oxygen atoms in total. The van der Waals surface area contributed by atoms with E-state index in [0.717, 1.165) is 11.1 Å². The molecule has 0 saturated heterocycles. The summed E-state index contributed by atoms with van der Waals surface area (Å²) in [6.45, 7) is 0.360. The third-order valence-electron chi connectivity index (χ3n) is 6.20. The van der Waals surface area contributed by atoms with Crippen molar-refractivity contribution in [3.05, 3.63) is 113 Å². The summed E-state index contributed by atoms with van der Waals surface area (Å²) in [6.07, 6.45) is 1.51. The minimum atomic E-state index is -2.01. The zero-order valence-electron chi connectivity index (χ0n) is 20.4. The SMILES string of the molecule is COc1ccc(C2(O)OC(=O)C(C3=COCO3)=C2Cc2ccc(OCc3ccccc3)c(OC)c2)cc1. The average molecular weight is 503 g/mol. The van der Waals surface area contributed by atoms with Gasteiger partial charge in [-0.15, -0.1) is 0 Å². The van der Waals surface area contributed by atoms with Crippen LogP contribution in [-0.2, 0) is 37.8 Å². The van der Waals surface area contributed by atoms with E-state index in [2.05, 4.69) is 0 Å². The molecule has 0 saturated carbocycles. The molecular weight excluding hydrogens is 476 g/mol. The molecule has 3 aromatic rings. The van der Waals surface area contributed by atoms with E-state index in [1.807, 2.05) is 42.5 Å². The van der Waals surface area contributed by atoms with Gasteiger partial charge in [0.25, 0.3) is 5.79 Å². The van der Waals surface area contributed by atoms with Crippen molar-refractivity contribution in [2.75, 3.05) is 21.0 Å². The van der Waals surface area contributed by atoms with Crippen LogP contribution in [0.25, 0.3) is 0 Å². The van der Waals surface area contributed by atoms with Gasteiger partial charge in [-0.2, -0.15) is 0 Å². The zero-order valence-corrected chi connectivity index (χ0v) is 20.4. The van der Waals surface area contributed by atoms with Gasteiger partial charge >= 0.3 is 5.97 Å². The number of rotatable bonds is 9. The van der Waals surface area contributed by atoms with Crippen LogP contribution in [0.15, 0.2) is 96.0 Å². The number of carbonyl (C=O) groups excluding carboxylic acids is 1. The fourth-order valence-electron chi connectivity index (χ4n) is 4.30. The molecule has 37 heavy (non-hydrogen) atoms. The van der Waals surface area contributed by atoms with E-state index in [-0.39, 0.29) is 24.5 Å². The number of esters is 1. The Kier molecular flexibility index (Phi) is 6.74. The molecular formula is C29H26O8. The van der Waals surface area contributed by atoms with Crippen LogP contribution in [0.3, 0.4) is 0 Å². The summed E-state index contributed by atoms with van der Waals surface area (Å²) >= 11 is 0. The molecule has 2 aliphatic rings. The maximum Gasteiger partial charge on any atom is 0.345 e. The molecule has 0 spiro atoms. The number of carbonyl (C=O) groups is 1. The summed E-state index contributed by atoms with van der Waals surface area (Å²) in [7, 11) is 3.11. The highest BCUT2D eigenvalue weighted by Crippen LogP contribution is 2.45. The molecule has 0 radical (unpaired) electrons. The van der Waals surface area contributed by atoms with E-state index >= 15 is 0 Å². The van der Waals surface area contributed by atoms with Crippen molar-refractivity contribution < 1.29 is 38.3 Å². The molecule has 0 fully saturated rings. The Balaban J connectivity index is 1.49. The lowest BCUT2D eigenvalue weighted by atomic mass is 9.89. The number of aliphatic hydroxyl groups is 1. The molecule has 1 N–H and O–H groups in total. The van der Waals surface area contributed by atoms with Crippen LogP contribution in [0.5, 0.6) is 17.2 Å². The molecule has 0 amide bonds. The molecule has 0 aliphatic carbocycles. The van der Waals surface area contributed by atoms with Crippen LogP contribution in [-0.4, -0.2) is 32.1 Å². The largest absolute Gasteiger partial charge is 0.497 e. The third-order valence-corrected chi connectivity index (χ3v) is 6.20. The first-order valence-electron chi connectivity index (χ1n) is 11.6. The van der Waals surface area contributed by atoms with Crippen molar-refractivity contribution in [1.29, 1.82) is 0 Å². The fraction of sp³-hybridized carbons (Fsp3) is 0.207. The Morgan fingerprint density at radius 1 is 0.919 bits per heavy atom. The summed E-state index contributed by atoms with van der Waals surface area (Å²) < 4.78 is 33.0. The van der Waals surface area contributed by atoms with Gasteiger partial charge in [0.15, 0.2) is 17.3 Å². The van der Waals surface area contributed by atoms with Crippen LogP contribution in [0.4, 0.5) is 0 Å². The van der Waals surface area contributed by atoms with Crippen LogP contribution in [0, 0.1) is 0 Å². The Morgan fingerprint density at radius 3 is 2.38 bits per heavy atom. The van der Waals surface area contributed by atoms with Crippen LogP contribution >= 0.6 is 0 Å². The normalized spacial score (nSPS) is 18.6. The Labute approximate surface area is 214 Å². The van der Waals surface area contributed by atoms with Crippen molar-refractivity contribution in [3.8, 4) is 17.2 Å². The number of ether oxygens (including phenoxy) is 6. The van der Waals surface area contributed by atoms with E-state index < -0.39 is 11.8 Å². The molecule has 3 aromatic carbocycles. The van der Waals surface area contributed by atoms with Crippen molar-refractivity contribution >= 4 is 5.97 Å². The molecule has 0 bridgehead atoms. The van der Waals surface area contributed by atoms with Crippen LogP contribution in [0.2, 0.25) is 0 Å². The highest BCUT2D eigenvalue weighted by Gasteiger charge is 2.49. The molecule has 8 heteroatoms. The average Bonchev–Trinajstić information content (AvgIpc) is 3.54. The van der Waals surface area contributed by atoms with E-state index in [1.54, 1.807) is 44.6 Å². The Hall–Kier alpha value is -4.43. The van der Waals surface area contributed by atoms with Crippen molar-refractivity contribution in [1.82, 2.24) is 0 Å².